The Labute approximate surface area is 78.9 Å². The summed E-state index contributed by atoms with van der Waals surface area (Å²) in [6.45, 7) is 3.47. The first-order valence-corrected chi connectivity index (χ1v) is 4.44. The van der Waals surface area contributed by atoms with Gasteiger partial charge < -0.3 is 5.73 Å². The molecule has 0 saturated carbocycles. The summed E-state index contributed by atoms with van der Waals surface area (Å²) in [6, 6.07) is 0. The van der Waals surface area contributed by atoms with Crippen LogP contribution in [-0.2, 0) is 13.1 Å². The maximum Gasteiger partial charge on any atom is 0.0537 e. The molecule has 0 aliphatic rings. The van der Waals surface area contributed by atoms with Gasteiger partial charge in [-0.2, -0.15) is 5.10 Å². The van der Waals surface area contributed by atoms with E-state index in [1.54, 1.807) is 0 Å². The van der Waals surface area contributed by atoms with Crippen LogP contribution in [0.2, 0.25) is 0 Å². The number of nitrogens with zero attached hydrogens (tertiary/aromatic N) is 2. The van der Waals surface area contributed by atoms with E-state index in [-0.39, 0.29) is 0 Å². The van der Waals surface area contributed by atoms with Crippen LogP contribution in [0.15, 0.2) is 6.20 Å². The van der Waals surface area contributed by atoms with E-state index in [2.05, 4.69) is 11.0 Å². The van der Waals surface area contributed by atoms with Crippen LogP contribution >= 0.6 is 0 Å². The zero-order valence-electron chi connectivity index (χ0n) is 7.95. The minimum absolute atomic E-state index is 0.557. The van der Waals surface area contributed by atoms with E-state index in [0.717, 1.165) is 30.6 Å². The molecule has 0 unspecified atom stereocenters. The monoisotopic (exact) mass is 177 g/mol. The molecule has 3 nitrogen and oxygen atoms in total. The largest absolute Gasteiger partial charge is 0.326 e. The zero-order chi connectivity index (χ0) is 9.68. The number of hydrogen-bond donors (Lipinski definition) is 1. The van der Waals surface area contributed by atoms with Gasteiger partial charge in [0.05, 0.1) is 6.20 Å². The third-order valence-electron chi connectivity index (χ3n) is 2.12. The standard InChI is InChI=1S/C10H15N3/c1-3-4-5-6-13-9(2)10(7-11)8-12-13/h1,8H,4-7,11H2,2H3. The van der Waals surface area contributed by atoms with E-state index in [1.165, 1.54) is 0 Å². The molecule has 0 spiro atoms. The Morgan fingerprint density at radius 3 is 3.00 bits per heavy atom. The lowest BCUT2D eigenvalue weighted by atomic mass is 10.2. The molecule has 0 fully saturated rings. The number of unbranched alkanes of at least 4 members (excludes halogenated alkanes) is 1. The van der Waals surface area contributed by atoms with E-state index in [1.807, 2.05) is 17.8 Å². The van der Waals surface area contributed by atoms with E-state index in [4.69, 9.17) is 12.2 Å². The summed E-state index contributed by atoms with van der Waals surface area (Å²) in [5, 5.41) is 4.23. The number of nitrogens with two attached hydrogens (primary N) is 1. The third-order valence-corrected chi connectivity index (χ3v) is 2.12. The molecular weight excluding hydrogens is 162 g/mol. The van der Waals surface area contributed by atoms with Gasteiger partial charge in [0, 0.05) is 30.8 Å². The van der Waals surface area contributed by atoms with Crippen molar-refractivity contribution in [2.45, 2.75) is 32.9 Å². The molecule has 1 aromatic heterocycles. The van der Waals surface area contributed by atoms with Crippen molar-refractivity contribution in [1.82, 2.24) is 9.78 Å². The first-order valence-electron chi connectivity index (χ1n) is 4.44. The van der Waals surface area contributed by atoms with Crippen molar-refractivity contribution in [3.63, 3.8) is 0 Å². The van der Waals surface area contributed by atoms with Crippen molar-refractivity contribution in [1.29, 1.82) is 0 Å². The van der Waals surface area contributed by atoms with Crippen LogP contribution < -0.4 is 5.73 Å². The van der Waals surface area contributed by atoms with Crippen molar-refractivity contribution in [2.75, 3.05) is 0 Å². The van der Waals surface area contributed by atoms with Gasteiger partial charge in [-0.1, -0.05) is 0 Å². The second-order valence-corrected chi connectivity index (χ2v) is 2.99. The topological polar surface area (TPSA) is 43.8 Å². The summed E-state index contributed by atoms with van der Waals surface area (Å²) in [6.07, 6.45) is 8.77. The van der Waals surface area contributed by atoms with E-state index in [0.29, 0.717) is 6.54 Å². The molecule has 0 radical (unpaired) electrons. The Kier molecular flexibility index (Phi) is 3.53. The molecule has 0 amide bonds. The summed E-state index contributed by atoms with van der Waals surface area (Å²) in [7, 11) is 0. The van der Waals surface area contributed by atoms with Crippen molar-refractivity contribution in [3.05, 3.63) is 17.5 Å². The molecule has 3 heteroatoms. The molecule has 0 saturated heterocycles. The molecule has 0 atom stereocenters. The molecule has 0 aliphatic carbocycles. The molecule has 70 valence electrons. The van der Waals surface area contributed by atoms with Gasteiger partial charge in [-0.3, -0.25) is 4.68 Å². The predicted molar refractivity (Wildman–Crippen MR) is 52.9 cm³/mol. The number of terminal acetylenes is 1. The minimum atomic E-state index is 0.557. The molecule has 0 bridgehead atoms. The minimum Gasteiger partial charge on any atom is -0.326 e. The SMILES string of the molecule is C#CCCCn1ncc(CN)c1C. The van der Waals surface area contributed by atoms with E-state index >= 15 is 0 Å². The summed E-state index contributed by atoms with van der Waals surface area (Å²) in [4.78, 5) is 0. The molecule has 1 rings (SSSR count). The lowest BCUT2D eigenvalue weighted by molar-refractivity contribution is 0.572. The van der Waals surface area contributed by atoms with Crippen LogP contribution in [0.5, 0.6) is 0 Å². The summed E-state index contributed by atoms with van der Waals surface area (Å²) in [5.74, 6) is 2.61. The molecule has 13 heavy (non-hydrogen) atoms. The Morgan fingerprint density at radius 2 is 2.46 bits per heavy atom. The van der Waals surface area contributed by atoms with Crippen LogP contribution in [0.3, 0.4) is 0 Å². The second kappa shape index (κ2) is 4.68. The van der Waals surface area contributed by atoms with Gasteiger partial charge in [-0.05, 0) is 13.3 Å². The smallest absolute Gasteiger partial charge is 0.0537 e. The fourth-order valence-corrected chi connectivity index (χ4v) is 1.24. The quantitative estimate of drug-likeness (QED) is 0.552. The molecule has 2 N–H and O–H groups in total. The summed E-state index contributed by atoms with van der Waals surface area (Å²) in [5.41, 5.74) is 7.80. The van der Waals surface area contributed by atoms with Crippen molar-refractivity contribution in [2.24, 2.45) is 5.73 Å². The number of aryl methyl sites for hydroxylation is 1. The Morgan fingerprint density at radius 1 is 1.69 bits per heavy atom. The van der Waals surface area contributed by atoms with Crippen LogP contribution in [0.4, 0.5) is 0 Å². The van der Waals surface area contributed by atoms with Crippen LogP contribution in [0.25, 0.3) is 0 Å². The van der Waals surface area contributed by atoms with Crippen molar-refractivity contribution >= 4 is 0 Å². The summed E-state index contributed by atoms with van der Waals surface area (Å²) >= 11 is 0. The number of aromatic nitrogens is 2. The maximum absolute atomic E-state index is 5.53. The fraction of sp³-hybridized carbons (Fsp3) is 0.500. The predicted octanol–water partition coefficient (Wildman–Crippen LogP) is 1.06. The Bertz CT molecular complexity index is 306. The highest BCUT2D eigenvalue weighted by Gasteiger charge is 2.02. The highest BCUT2D eigenvalue weighted by Crippen LogP contribution is 2.06. The molecule has 1 heterocycles. The van der Waals surface area contributed by atoms with Crippen LogP contribution in [0, 0.1) is 19.3 Å². The van der Waals surface area contributed by atoms with Gasteiger partial charge in [0.2, 0.25) is 0 Å². The Balaban J connectivity index is 2.57. The van der Waals surface area contributed by atoms with Gasteiger partial charge in [0.1, 0.15) is 0 Å². The Hall–Kier alpha value is -1.27. The molecule has 0 aliphatic heterocycles. The molecule has 0 aromatic carbocycles. The van der Waals surface area contributed by atoms with Gasteiger partial charge in [0.25, 0.3) is 0 Å². The molecule has 1 aromatic rings. The van der Waals surface area contributed by atoms with E-state index < -0.39 is 0 Å². The van der Waals surface area contributed by atoms with Crippen LogP contribution in [-0.4, -0.2) is 9.78 Å². The average molecular weight is 177 g/mol. The maximum atomic E-state index is 5.53. The highest BCUT2D eigenvalue weighted by atomic mass is 15.3. The van der Waals surface area contributed by atoms with Gasteiger partial charge in [-0.15, -0.1) is 12.3 Å². The average Bonchev–Trinajstić information content (AvgIpc) is 2.48. The lowest BCUT2D eigenvalue weighted by Crippen LogP contribution is -2.04. The zero-order valence-corrected chi connectivity index (χ0v) is 7.95. The van der Waals surface area contributed by atoms with Crippen LogP contribution in [0.1, 0.15) is 24.1 Å². The first-order chi connectivity index (χ1) is 6.29. The van der Waals surface area contributed by atoms with Crippen molar-refractivity contribution < 1.29 is 0 Å². The first kappa shape index (κ1) is 9.82. The lowest BCUT2D eigenvalue weighted by Gasteiger charge is -2.02. The number of hydrogen-bond acceptors (Lipinski definition) is 2. The highest BCUT2D eigenvalue weighted by molar-refractivity contribution is 5.15. The number of rotatable bonds is 4. The van der Waals surface area contributed by atoms with Gasteiger partial charge in [0.15, 0.2) is 0 Å². The fourth-order valence-electron chi connectivity index (χ4n) is 1.24. The summed E-state index contributed by atoms with van der Waals surface area (Å²) < 4.78 is 1.96. The van der Waals surface area contributed by atoms with E-state index in [9.17, 15) is 0 Å². The molecular formula is C10H15N3. The normalized spacial score (nSPS) is 9.92. The van der Waals surface area contributed by atoms with Gasteiger partial charge in [-0.25, -0.2) is 0 Å². The second-order valence-electron chi connectivity index (χ2n) is 2.99. The van der Waals surface area contributed by atoms with Gasteiger partial charge >= 0.3 is 0 Å². The van der Waals surface area contributed by atoms with Crippen molar-refractivity contribution in [3.8, 4) is 12.3 Å². The third kappa shape index (κ3) is 2.33.